The maximum absolute atomic E-state index is 12.5. The third kappa shape index (κ3) is 10.2. The summed E-state index contributed by atoms with van der Waals surface area (Å²) >= 11 is 0. The molecule has 0 saturated carbocycles. The summed E-state index contributed by atoms with van der Waals surface area (Å²) in [7, 11) is 1.43. The standard InChI is InChI=1S/C27H45N3O3/c1-22(26(32)28-16-10-8-6-7-9-11-25(31)33-5)23-12-14-24(15-13-23)30-19-17-29(18-20-30)21-27(2,3)4/h12-15,22H,6-11,16-21H2,1-5H3,(H,28,32)/t22-/m1/s1. The van der Waals surface area contributed by atoms with Gasteiger partial charge in [0.05, 0.1) is 13.0 Å². The molecule has 0 unspecified atom stereocenters. The number of benzene rings is 1. The van der Waals surface area contributed by atoms with Crippen molar-refractivity contribution in [3.63, 3.8) is 0 Å². The summed E-state index contributed by atoms with van der Waals surface area (Å²) in [4.78, 5) is 28.6. The van der Waals surface area contributed by atoms with Crippen LogP contribution in [0.1, 0.15) is 77.7 Å². The van der Waals surface area contributed by atoms with E-state index in [-0.39, 0.29) is 17.8 Å². The van der Waals surface area contributed by atoms with Crippen molar-refractivity contribution in [2.24, 2.45) is 5.41 Å². The Kier molecular flexibility index (Phi) is 11.2. The average Bonchev–Trinajstić information content (AvgIpc) is 2.79. The van der Waals surface area contributed by atoms with Crippen LogP contribution in [0.5, 0.6) is 0 Å². The Morgan fingerprint density at radius 2 is 1.58 bits per heavy atom. The highest BCUT2D eigenvalue weighted by Gasteiger charge is 2.22. The monoisotopic (exact) mass is 459 g/mol. The lowest BCUT2D eigenvalue weighted by atomic mass is 9.95. The Balaban J connectivity index is 1.66. The largest absolute Gasteiger partial charge is 0.469 e. The first-order chi connectivity index (χ1) is 15.7. The Bertz CT molecular complexity index is 719. The normalized spacial score (nSPS) is 15.8. The number of carbonyl (C=O) groups is 2. The second kappa shape index (κ2) is 13.6. The average molecular weight is 460 g/mol. The lowest BCUT2D eigenvalue weighted by molar-refractivity contribution is -0.140. The Morgan fingerprint density at radius 3 is 2.18 bits per heavy atom. The molecule has 0 bridgehead atoms. The summed E-state index contributed by atoms with van der Waals surface area (Å²) in [5.74, 6) is -0.199. The van der Waals surface area contributed by atoms with Gasteiger partial charge in [0.15, 0.2) is 0 Å². The van der Waals surface area contributed by atoms with Gasteiger partial charge < -0.3 is 15.0 Å². The second-order valence-electron chi connectivity index (χ2n) is 10.5. The van der Waals surface area contributed by atoms with E-state index in [1.54, 1.807) is 0 Å². The van der Waals surface area contributed by atoms with E-state index in [1.165, 1.54) is 12.8 Å². The van der Waals surface area contributed by atoms with Crippen molar-refractivity contribution in [1.29, 1.82) is 0 Å². The van der Waals surface area contributed by atoms with Crippen molar-refractivity contribution in [3.05, 3.63) is 29.8 Å². The molecule has 0 aliphatic carbocycles. The molecule has 1 aliphatic heterocycles. The zero-order valence-electron chi connectivity index (χ0n) is 21.5. The van der Waals surface area contributed by atoms with Crippen molar-refractivity contribution in [3.8, 4) is 0 Å². The molecule has 6 heteroatoms. The third-order valence-electron chi connectivity index (χ3n) is 6.31. The Hall–Kier alpha value is -2.08. The van der Waals surface area contributed by atoms with Crippen molar-refractivity contribution < 1.29 is 14.3 Å². The van der Waals surface area contributed by atoms with E-state index in [0.717, 1.165) is 70.4 Å². The summed E-state index contributed by atoms with van der Waals surface area (Å²) in [6.45, 7) is 15.0. The molecule has 1 aromatic rings. The first kappa shape index (κ1) is 27.2. The minimum absolute atomic E-state index is 0.0873. The fourth-order valence-electron chi connectivity index (χ4n) is 4.35. The van der Waals surface area contributed by atoms with Gasteiger partial charge in [-0.05, 0) is 42.9 Å². The number of esters is 1. The summed E-state index contributed by atoms with van der Waals surface area (Å²) in [5, 5.41) is 3.07. The van der Waals surface area contributed by atoms with Crippen LogP contribution in [0.2, 0.25) is 0 Å². The van der Waals surface area contributed by atoms with Crippen LogP contribution in [0.3, 0.4) is 0 Å². The summed E-state index contributed by atoms with van der Waals surface area (Å²) in [5.41, 5.74) is 2.64. The number of nitrogens with one attached hydrogen (secondary N) is 1. The summed E-state index contributed by atoms with van der Waals surface area (Å²) in [6, 6.07) is 8.52. The molecule has 0 aromatic heterocycles. The first-order valence-electron chi connectivity index (χ1n) is 12.6. The molecule has 0 radical (unpaired) electrons. The molecule has 1 fully saturated rings. The van der Waals surface area contributed by atoms with Crippen LogP contribution in [0.25, 0.3) is 0 Å². The Morgan fingerprint density at radius 1 is 0.970 bits per heavy atom. The molecule has 1 atom stereocenters. The maximum atomic E-state index is 12.5. The second-order valence-corrected chi connectivity index (χ2v) is 10.5. The van der Waals surface area contributed by atoms with Gasteiger partial charge in [0, 0.05) is 51.4 Å². The van der Waals surface area contributed by atoms with Gasteiger partial charge in [0.25, 0.3) is 0 Å². The molecule has 2 rings (SSSR count). The van der Waals surface area contributed by atoms with E-state index in [0.29, 0.717) is 18.4 Å². The highest BCUT2D eigenvalue weighted by atomic mass is 16.5. The van der Waals surface area contributed by atoms with E-state index >= 15 is 0 Å². The van der Waals surface area contributed by atoms with Gasteiger partial charge >= 0.3 is 5.97 Å². The van der Waals surface area contributed by atoms with Crippen LogP contribution in [-0.2, 0) is 14.3 Å². The van der Waals surface area contributed by atoms with Gasteiger partial charge in [-0.15, -0.1) is 0 Å². The number of carbonyl (C=O) groups excluding carboxylic acids is 2. The minimum Gasteiger partial charge on any atom is -0.469 e. The number of ether oxygens (including phenoxy) is 1. The van der Waals surface area contributed by atoms with E-state index < -0.39 is 0 Å². The number of hydrogen-bond acceptors (Lipinski definition) is 5. The highest BCUT2D eigenvalue weighted by molar-refractivity contribution is 5.83. The van der Waals surface area contributed by atoms with E-state index in [9.17, 15) is 9.59 Å². The number of methoxy groups -OCH3 is 1. The van der Waals surface area contributed by atoms with Gasteiger partial charge in [0.1, 0.15) is 0 Å². The SMILES string of the molecule is COC(=O)CCCCCCCNC(=O)[C@H](C)c1ccc(N2CCN(CC(C)(C)C)CC2)cc1. The lowest BCUT2D eigenvalue weighted by Crippen LogP contribution is -2.48. The summed E-state index contributed by atoms with van der Waals surface area (Å²) in [6.07, 6.45) is 5.51. The Labute approximate surface area is 201 Å². The molecule has 1 saturated heterocycles. The van der Waals surface area contributed by atoms with Crippen molar-refractivity contribution in [1.82, 2.24) is 10.2 Å². The molecule has 1 N–H and O–H groups in total. The molecule has 1 aliphatic rings. The predicted molar refractivity (Wildman–Crippen MR) is 136 cm³/mol. The highest BCUT2D eigenvalue weighted by Crippen LogP contribution is 2.23. The zero-order chi connectivity index (χ0) is 24.3. The van der Waals surface area contributed by atoms with E-state index in [4.69, 9.17) is 0 Å². The number of amides is 1. The van der Waals surface area contributed by atoms with Crippen molar-refractivity contribution in [2.45, 2.75) is 72.1 Å². The summed E-state index contributed by atoms with van der Waals surface area (Å²) < 4.78 is 4.65. The fourth-order valence-corrected chi connectivity index (χ4v) is 4.35. The molecule has 6 nitrogen and oxygen atoms in total. The number of unbranched alkanes of at least 4 members (excludes halogenated alkanes) is 4. The molecular formula is C27H45N3O3. The number of piperazine rings is 1. The van der Waals surface area contributed by atoms with E-state index in [1.807, 2.05) is 6.92 Å². The molecule has 1 aromatic carbocycles. The third-order valence-corrected chi connectivity index (χ3v) is 6.31. The van der Waals surface area contributed by atoms with Crippen molar-refractivity contribution in [2.75, 3.05) is 51.3 Å². The van der Waals surface area contributed by atoms with Crippen LogP contribution < -0.4 is 10.2 Å². The molecular weight excluding hydrogens is 414 g/mol. The number of hydrogen-bond donors (Lipinski definition) is 1. The molecule has 186 valence electrons. The van der Waals surface area contributed by atoms with Gasteiger partial charge in [-0.2, -0.15) is 0 Å². The van der Waals surface area contributed by atoms with Gasteiger partial charge in [-0.25, -0.2) is 0 Å². The van der Waals surface area contributed by atoms with Crippen LogP contribution in [0, 0.1) is 5.41 Å². The number of rotatable bonds is 12. The van der Waals surface area contributed by atoms with Gasteiger partial charge in [-0.3, -0.25) is 14.5 Å². The quantitative estimate of drug-likeness (QED) is 0.366. The number of nitrogens with zero attached hydrogens (tertiary/aromatic N) is 2. The van der Waals surface area contributed by atoms with Crippen LogP contribution in [0.15, 0.2) is 24.3 Å². The molecule has 1 amide bonds. The fraction of sp³-hybridized carbons (Fsp3) is 0.704. The molecule has 1 heterocycles. The molecule has 0 spiro atoms. The maximum Gasteiger partial charge on any atom is 0.305 e. The lowest BCUT2D eigenvalue weighted by Gasteiger charge is -2.39. The number of anilines is 1. The topological polar surface area (TPSA) is 61.9 Å². The van der Waals surface area contributed by atoms with Crippen LogP contribution >= 0.6 is 0 Å². The van der Waals surface area contributed by atoms with Gasteiger partial charge in [0.2, 0.25) is 5.91 Å². The zero-order valence-corrected chi connectivity index (χ0v) is 21.5. The van der Waals surface area contributed by atoms with Gasteiger partial charge in [-0.1, -0.05) is 52.2 Å². The predicted octanol–water partition coefficient (Wildman–Crippen LogP) is 4.59. The first-order valence-corrected chi connectivity index (χ1v) is 12.6. The minimum atomic E-state index is -0.150. The van der Waals surface area contributed by atoms with Crippen LogP contribution in [0.4, 0.5) is 5.69 Å². The van der Waals surface area contributed by atoms with Crippen molar-refractivity contribution >= 4 is 17.6 Å². The van der Waals surface area contributed by atoms with Crippen LogP contribution in [-0.4, -0.2) is 63.2 Å². The smallest absolute Gasteiger partial charge is 0.305 e. The molecule has 33 heavy (non-hydrogen) atoms. The van der Waals surface area contributed by atoms with E-state index in [2.05, 4.69) is 64.9 Å².